The lowest BCUT2D eigenvalue weighted by Gasteiger charge is -2.17. The van der Waals surface area contributed by atoms with Crippen LogP contribution in [0.3, 0.4) is 0 Å². The number of hydrogen-bond acceptors (Lipinski definition) is 7. The molecule has 1 aliphatic rings. The number of ether oxygens (including phenoxy) is 2. The minimum absolute atomic E-state index is 0.0466. The zero-order valence-electron chi connectivity index (χ0n) is 12.3. The van der Waals surface area contributed by atoms with Crippen LogP contribution in [-0.2, 0) is 4.79 Å². The van der Waals surface area contributed by atoms with Crippen LogP contribution in [0, 0.1) is 0 Å². The normalized spacial score (nSPS) is 13.7. The number of rotatable bonds is 7. The lowest BCUT2D eigenvalue weighted by Crippen LogP contribution is -2.25. The molecule has 24 heavy (non-hydrogen) atoms. The number of ketones is 1. The number of carbonyl (C=O) groups is 2. The van der Waals surface area contributed by atoms with Crippen molar-refractivity contribution in [3.63, 3.8) is 0 Å². The van der Waals surface area contributed by atoms with Crippen molar-refractivity contribution < 1.29 is 24.2 Å². The molecule has 0 aliphatic carbocycles. The molecule has 0 bridgehead atoms. The number of carboxylic acid groups (broad SMARTS) is 1. The second kappa shape index (κ2) is 7.46. The summed E-state index contributed by atoms with van der Waals surface area (Å²) >= 11 is 8.68. The number of halogens is 1. The molecule has 3 rings (SSSR count). The van der Waals surface area contributed by atoms with Crippen molar-refractivity contribution in [3.8, 4) is 11.5 Å². The molecule has 1 unspecified atom stereocenters. The molecule has 0 N–H and O–H groups in total. The summed E-state index contributed by atoms with van der Waals surface area (Å²) in [7, 11) is 0. The Morgan fingerprint density at radius 1 is 1.38 bits per heavy atom. The fraction of sp³-hybridized carbons (Fsp3) is 0.250. The summed E-state index contributed by atoms with van der Waals surface area (Å²) in [4.78, 5) is 23.9. The maximum Gasteiger partial charge on any atom is 0.231 e. The summed E-state index contributed by atoms with van der Waals surface area (Å²) in [6.07, 6.45) is 0.161. The van der Waals surface area contributed by atoms with Gasteiger partial charge >= 0.3 is 0 Å². The Morgan fingerprint density at radius 3 is 2.92 bits per heavy atom. The highest BCUT2D eigenvalue weighted by Crippen LogP contribution is 2.44. The number of carbonyl (C=O) groups excluding carboxylic acids is 2. The van der Waals surface area contributed by atoms with E-state index in [4.69, 9.17) is 21.1 Å². The van der Waals surface area contributed by atoms with E-state index in [0.717, 1.165) is 17.3 Å². The topological polar surface area (TPSA) is 75.7 Å². The molecule has 0 saturated heterocycles. The van der Waals surface area contributed by atoms with Gasteiger partial charge in [-0.05, 0) is 29.1 Å². The molecule has 5 nitrogen and oxygen atoms in total. The fourth-order valence-electron chi connectivity index (χ4n) is 2.32. The minimum Gasteiger partial charge on any atom is -0.549 e. The molecule has 2 heterocycles. The monoisotopic (exact) mass is 383 g/mol. The Morgan fingerprint density at radius 2 is 2.21 bits per heavy atom. The van der Waals surface area contributed by atoms with Gasteiger partial charge in [0.2, 0.25) is 6.79 Å². The fourth-order valence-corrected chi connectivity index (χ4v) is 4.21. The van der Waals surface area contributed by atoms with E-state index in [1.807, 2.05) is 5.38 Å². The first-order valence-electron chi connectivity index (χ1n) is 7.02. The standard InChI is InChI=1S/C16H13ClO5S2/c17-10-4-9(5-12-16(10)22-8-21-12)14(24-7-15(19)20)6-11(18)13-2-1-3-23-13/h1-5,14H,6-8H2,(H,19,20)/p-1. The van der Waals surface area contributed by atoms with Crippen LogP contribution in [0.4, 0.5) is 0 Å². The van der Waals surface area contributed by atoms with Gasteiger partial charge in [-0.2, -0.15) is 0 Å². The van der Waals surface area contributed by atoms with Gasteiger partial charge in [0.15, 0.2) is 17.3 Å². The van der Waals surface area contributed by atoms with Crippen molar-refractivity contribution in [1.82, 2.24) is 0 Å². The van der Waals surface area contributed by atoms with E-state index >= 15 is 0 Å². The Kier molecular flexibility index (Phi) is 5.33. The Labute approximate surface area is 151 Å². The summed E-state index contributed by atoms with van der Waals surface area (Å²) in [5, 5.41) is 12.7. The van der Waals surface area contributed by atoms with Crippen LogP contribution in [0.15, 0.2) is 29.6 Å². The number of carboxylic acids is 1. The van der Waals surface area contributed by atoms with Crippen LogP contribution in [0.25, 0.3) is 0 Å². The van der Waals surface area contributed by atoms with Gasteiger partial charge in [0.1, 0.15) is 0 Å². The number of benzene rings is 1. The summed E-state index contributed by atoms with van der Waals surface area (Å²) < 4.78 is 10.6. The van der Waals surface area contributed by atoms with Gasteiger partial charge in [0.25, 0.3) is 0 Å². The highest BCUT2D eigenvalue weighted by Gasteiger charge is 2.24. The number of Topliss-reactive ketones (excluding diaryl/α,β-unsaturated/α-hetero) is 1. The second-order valence-electron chi connectivity index (χ2n) is 5.01. The quantitative estimate of drug-likeness (QED) is 0.684. The smallest absolute Gasteiger partial charge is 0.231 e. The summed E-state index contributed by atoms with van der Waals surface area (Å²) in [5.74, 6) is -0.474. The van der Waals surface area contributed by atoms with Gasteiger partial charge in [-0.15, -0.1) is 23.1 Å². The molecular formula is C16H12ClO5S2-. The zero-order valence-corrected chi connectivity index (χ0v) is 14.7. The Balaban J connectivity index is 1.85. The Hall–Kier alpha value is -1.70. The van der Waals surface area contributed by atoms with Crippen LogP contribution in [0.1, 0.15) is 26.9 Å². The average Bonchev–Trinajstić information content (AvgIpc) is 3.21. The molecule has 8 heteroatoms. The molecular weight excluding hydrogens is 372 g/mol. The number of thiophene rings is 1. The van der Waals surface area contributed by atoms with Crippen LogP contribution < -0.4 is 14.6 Å². The average molecular weight is 384 g/mol. The van der Waals surface area contributed by atoms with E-state index < -0.39 is 5.97 Å². The second-order valence-corrected chi connectivity index (χ2v) is 7.56. The molecule has 1 aliphatic heterocycles. The van der Waals surface area contributed by atoms with Crippen molar-refractivity contribution in [2.24, 2.45) is 0 Å². The third kappa shape index (κ3) is 3.85. The van der Waals surface area contributed by atoms with E-state index in [2.05, 4.69) is 0 Å². The van der Waals surface area contributed by atoms with Gasteiger partial charge in [0, 0.05) is 17.4 Å². The summed E-state index contributed by atoms with van der Waals surface area (Å²) in [5.41, 5.74) is 0.723. The van der Waals surface area contributed by atoms with E-state index in [1.165, 1.54) is 11.3 Å². The maximum absolute atomic E-state index is 12.4. The van der Waals surface area contributed by atoms with Gasteiger partial charge in [0.05, 0.1) is 15.9 Å². The van der Waals surface area contributed by atoms with Crippen molar-refractivity contribution in [2.45, 2.75) is 11.7 Å². The van der Waals surface area contributed by atoms with Gasteiger partial charge in [-0.25, -0.2) is 0 Å². The van der Waals surface area contributed by atoms with Crippen LogP contribution in [0.5, 0.6) is 11.5 Å². The zero-order chi connectivity index (χ0) is 17.1. The molecule has 0 saturated carbocycles. The van der Waals surface area contributed by atoms with Gasteiger partial charge in [-0.3, -0.25) is 4.79 Å². The number of fused-ring (bicyclic) bond motifs is 1. The molecule has 1 aromatic carbocycles. The van der Waals surface area contributed by atoms with Crippen LogP contribution in [-0.4, -0.2) is 24.3 Å². The van der Waals surface area contributed by atoms with Crippen molar-refractivity contribution in [1.29, 1.82) is 0 Å². The summed E-state index contributed by atoms with van der Waals surface area (Å²) in [6, 6.07) is 6.98. The number of aliphatic carboxylic acids is 1. The Bertz CT molecular complexity index is 760. The van der Waals surface area contributed by atoms with Gasteiger partial charge < -0.3 is 19.4 Å². The van der Waals surface area contributed by atoms with Gasteiger partial charge in [-0.1, -0.05) is 17.7 Å². The van der Waals surface area contributed by atoms with Crippen molar-refractivity contribution in [3.05, 3.63) is 45.1 Å². The molecule has 2 aromatic rings. The highest BCUT2D eigenvalue weighted by atomic mass is 35.5. The predicted octanol–water partition coefficient (Wildman–Crippen LogP) is 2.93. The molecule has 1 atom stereocenters. The largest absolute Gasteiger partial charge is 0.549 e. The minimum atomic E-state index is -1.18. The van der Waals surface area contributed by atoms with Crippen LogP contribution >= 0.6 is 34.7 Å². The molecule has 0 spiro atoms. The molecule has 1 aromatic heterocycles. The van der Waals surface area contributed by atoms with E-state index in [1.54, 1.807) is 24.3 Å². The van der Waals surface area contributed by atoms with E-state index in [9.17, 15) is 14.7 Å². The molecule has 0 amide bonds. The number of thioether (sulfide) groups is 1. The molecule has 0 radical (unpaired) electrons. The molecule has 0 fully saturated rings. The maximum atomic E-state index is 12.4. The SMILES string of the molecule is O=C([O-])CSC(CC(=O)c1cccs1)c1cc(Cl)c2c(c1)OCO2. The lowest BCUT2D eigenvalue weighted by atomic mass is 10.1. The van der Waals surface area contributed by atoms with E-state index in [0.29, 0.717) is 21.4 Å². The van der Waals surface area contributed by atoms with Crippen molar-refractivity contribution in [2.75, 3.05) is 12.5 Å². The third-order valence-corrected chi connectivity index (χ3v) is 5.83. The van der Waals surface area contributed by atoms with E-state index in [-0.39, 0.29) is 30.0 Å². The van der Waals surface area contributed by atoms with Crippen molar-refractivity contribution >= 4 is 46.5 Å². The third-order valence-electron chi connectivity index (χ3n) is 3.39. The predicted molar refractivity (Wildman–Crippen MR) is 91.0 cm³/mol. The summed E-state index contributed by atoms with van der Waals surface area (Å²) in [6.45, 7) is 0.0868. The first-order valence-corrected chi connectivity index (χ1v) is 9.32. The number of hydrogen-bond donors (Lipinski definition) is 0. The lowest BCUT2D eigenvalue weighted by molar-refractivity contribution is -0.301. The first kappa shape index (κ1) is 17.1. The first-order chi connectivity index (χ1) is 11.5. The molecule has 126 valence electrons. The highest BCUT2D eigenvalue weighted by molar-refractivity contribution is 8.00. The van der Waals surface area contributed by atoms with Crippen LogP contribution in [0.2, 0.25) is 5.02 Å².